The largest absolute Gasteiger partial charge is 0.281 e. The van der Waals surface area contributed by atoms with E-state index in [9.17, 15) is 8.42 Å². The quantitative estimate of drug-likeness (QED) is 0.914. The van der Waals surface area contributed by atoms with Gasteiger partial charge in [-0.1, -0.05) is 6.07 Å². The molecular formula is C12H16N4O2S. The summed E-state index contributed by atoms with van der Waals surface area (Å²) in [6.07, 6.45) is 3.31. The monoisotopic (exact) mass is 280 g/mol. The van der Waals surface area contributed by atoms with Gasteiger partial charge in [0.15, 0.2) is 0 Å². The van der Waals surface area contributed by atoms with Crippen LogP contribution in [0, 0.1) is 13.8 Å². The van der Waals surface area contributed by atoms with Crippen LogP contribution in [0.2, 0.25) is 0 Å². The highest BCUT2D eigenvalue weighted by Crippen LogP contribution is 2.21. The number of pyridine rings is 1. The van der Waals surface area contributed by atoms with Crippen molar-refractivity contribution in [2.45, 2.75) is 25.3 Å². The van der Waals surface area contributed by atoms with Crippen molar-refractivity contribution >= 4 is 10.0 Å². The molecule has 0 atom stereocenters. The Hall–Kier alpha value is -1.73. The first-order valence-corrected chi connectivity index (χ1v) is 7.23. The van der Waals surface area contributed by atoms with Crippen LogP contribution in [0.25, 0.3) is 0 Å². The normalized spacial score (nSPS) is 12.0. The molecule has 2 aromatic heterocycles. The number of hydrogen-bond donors (Lipinski definition) is 1. The third kappa shape index (κ3) is 2.66. The average Bonchev–Trinajstić information content (AvgIpc) is 2.70. The van der Waals surface area contributed by atoms with E-state index >= 15 is 0 Å². The van der Waals surface area contributed by atoms with Gasteiger partial charge in [0.05, 0.1) is 11.4 Å². The lowest BCUT2D eigenvalue weighted by atomic mass is 10.3. The Kier molecular flexibility index (Phi) is 3.68. The number of nitrogens with zero attached hydrogens (tertiary/aromatic N) is 3. The van der Waals surface area contributed by atoms with Crippen LogP contribution in [0.5, 0.6) is 0 Å². The van der Waals surface area contributed by atoms with Crippen LogP contribution >= 0.6 is 0 Å². The number of sulfonamides is 1. The topological polar surface area (TPSA) is 79.0 Å². The van der Waals surface area contributed by atoms with Crippen LogP contribution in [-0.4, -0.2) is 35.0 Å². The van der Waals surface area contributed by atoms with Crippen molar-refractivity contribution in [3.8, 4) is 0 Å². The first kappa shape index (κ1) is 13.7. The molecule has 6 nitrogen and oxygen atoms in total. The lowest BCUT2D eigenvalue weighted by Crippen LogP contribution is -2.27. The maximum absolute atomic E-state index is 12.5. The lowest BCUT2D eigenvalue weighted by Gasteiger charge is -2.17. The molecule has 0 radical (unpaired) electrons. The van der Waals surface area contributed by atoms with Gasteiger partial charge in [-0.3, -0.25) is 10.1 Å². The predicted molar refractivity (Wildman–Crippen MR) is 71.0 cm³/mol. The lowest BCUT2D eigenvalue weighted by molar-refractivity contribution is 0.465. The molecule has 19 heavy (non-hydrogen) atoms. The number of aromatic amines is 1. The number of nitrogens with one attached hydrogen (secondary N) is 1. The van der Waals surface area contributed by atoms with Crippen LogP contribution in [0.1, 0.15) is 17.0 Å². The summed E-state index contributed by atoms with van der Waals surface area (Å²) in [5, 5.41) is 6.62. The Morgan fingerprint density at radius 3 is 2.63 bits per heavy atom. The number of aryl methyl sites for hydroxylation is 2. The minimum absolute atomic E-state index is 0.249. The first-order valence-electron chi connectivity index (χ1n) is 5.79. The minimum Gasteiger partial charge on any atom is -0.281 e. The molecule has 102 valence electrons. The van der Waals surface area contributed by atoms with Crippen LogP contribution in [0.3, 0.4) is 0 Å². The Morgan fingerprint density at radius 1 is 1.37 bits per heavy atom. The van der Waals surface area contributed by atoms with E-state index in [1.165, 1.54) is 4.31 Å². The van der Waals surface area contributed by atoms with E-state index in [1.807, 2.05) is 6.07 Å². The second-order valence-corrected chi connectivity index (χ2v) is 6.37. The molecule has 0 bridgehead atoms. The summed E-state index contributed by atoms with van der Waals surface area (Å²) in [7, 11) is -1.99. The molecular weight excluding hydrogens is 264 g/mol. The molecule has 0 saturated heterocycles. The summed E-state index contributed by atoms with van der Waals surface area (Å²) in [6.45, 7) is 3.65. The Bertz CT molecular complexity index is 645. The van der Waals surface area contributed by atoms with Crippen LogP contribution in [0.15, 0.2) is 29.4 Å². The molecule has 1 N–H and O–H groups in total. The minimum atomic E-state index is -3.54. The summed E-state index contributed by atoms with van der Waals surface area (Å²) in [5.41, 5.74) is 1.87. The Morgan fingerprint density at radius 2 is 2.11 bits per heavy atom. The highest BCUT2D eigenvalue weighted by Gasteiger charge is 2.26. The van der Waals surface area contributed by atoms with Crippen LogP contribution in [0.4, 0.5) is 0 Å². The zero-order chi connectivity index (χ0) is 14.0. The SMILES string of the molecule is Cc1n[nH]c(C)c1S(=O)(=O)N(C)Cc1cccnc1. The fourth-order valence-electron chi connectivity index (χ4n) is 1.91. The van der Waals surface area contributed by atoms with Crippen LogP contribution < -0.4 is 0 Å². The molecule has 7 heteroatoms. The summed E-state index contributed by atoms with van der Waals surface area (Å²) >= 11 is 0. The zero-order valence-corrected chi connectivity index (χ0v) is 11.9. The third-order valence-corrected chi connectivity index (χ3v) is 4.92. The molecule has 0 aromatic carbocycles. The Balaban J connectivity index is 2.30. The van der Waals surface area contributed by atoms with Crippen molar-refractivity contribution in [2.75, 3.05) is 7.05 Å². The van der Waals surface area contributed by atoms with Gasteiger partial charge >= 0.3 is 0 Å². The van der Waals surface area contributed by atoms with Gasteiger partial charge in [0.25, 0.3) is 0 Å². The number of rotatable bonds is 4. The fraction of sp³-hybridized carbons (Fsp3) is 0.333. The van der Waals surface area contributed by atoms with Crippen molar-refractivity contribution in [1.29, 1.82) is 0 Å². The van der Waals surface area contributed by atoms with E-state index in [4.69, 9.17) is 0 Å². The standard InChI is InChI=1S/C12H16N4O2S/c1-9-12(10(2)15-14-9)19(17,18)16(3)8-11-5-4-6-13-7-11/h4-7H,8H2,1-3H3,(H,14,15). The second-order valence-electron chi connectivity index (χ2n) is 4.39. The van der Waals surface area contributed by atoms with Gasteiger partial charge in [-0.2, -0.15) is 9.40 Å². The smallest absolute Gasteiger partial charge is 0.246 e. The molecule has 0 amide bonds. The van der Waals surface area contributed by atoms with Crippen molar-refractivity contribution in [1.82, 2.24) is 19.5 Å². The Labute approximate surface area is 112 Å². The van der Waals surface area contributed by atoms with E-state index in [0.29, 0.717) is 11.4 Å². The van der Waals surface area contributed by atoms with Gasteiger partial charge in [-0.05, 0) is 25.5 Å². The molecule has 0 aliphatic heterocycles. The fourth-order valence-corrected chi connectivity index (χ4v) is 3.39. The van der Waals surface area contributed by atoms with E-state index in [-0.39, 0.29) is 11.4 Å². The van der Waals surface area contributed by atoms with Gasteiger partial charge in [-0.25, -0.2) is 8.42 Å². The number of hydrogen-bond acceptors (Lipinski definition) is 4. The van der Waals surface area contributed by atoms with Gasteiger partial charge in [0.2, 0.25) is 10.0 Å². The zero-order valence-electron chi connectivity index (χ0n) is 11.1. The summed E-state index contributed by atoms with van der Waals surface area (Å²) < 4.78 is 26.3. The second kappa shape index (κ2) is 5.10. The highest BCUT2D eigenvalue weighted by molar-refractivity contribution is 7.89. The van der Waals surface area contributed by atoms with E-state index < -0.39 is 10.0 Å². The van der Waals surface area contributed by atoms with E-state index in [2.05, 4.69) is 15.2 Å². The average molecular weight is 280 g/mol. The first-order chi connectivity index (χ1) is 8.93. The van der Waals surface area contributed by atoms with Gasteiger partial charge in [0, 0.05) is 26.0 Å². The van der Waals surface area contributed by atoms with Crippen molar-refractivity contribution in [3.05, 3.63) is 41.5 Å². The van der Waals surface area contributed by atoms with Gasteiger partial charge < -0.3 is 0 Å². The molecule has 0 aliphatic rings. The molecule has 0 saturated carbocycles. The molecule has 0 unspecified atom stereocenters. The third-order valence-electron chi connectivity index (χ3n) is 2.86. The summed E-state index contributed by atoms with van der Waals surface area (Å²) in [6, 6.07) is 3.62. The van der Waals surface area contributed by atoms with Gasteiger partial charge in [-0.15, -0.1) is 0 Å². The summed E-state index contributed by atoms with van der Waals surface area (Å²) in [5.74, 6) is 0. The maximum Gasteiger partial charge on any atom is 0.246 e. The highest BCUT2D eigenvalue weighted by atomic mass is 32.2. The number of aromatic nitrogens is 3. The van der Waals surface area contributed by atoms with Crippen LogP contribution in [-0.2, 0) is 16.6 Å². The van der Waals surface area contributed by atoms with Crippen molar-refractivity contribution in [3.63, 3.8) is 0 Å². The predicted octanol–water partition coefficient (Wildman–Crippen LogP) is 1.24. The number of H-pyrrole nitrogens is 1. The maximum atomic E-state index is 12.5. The molecule has 0 fully saturated rings. The molecule has 0 spiro atoms. The van der Waals surface area contributed by atoms with E-state index in [1.54, 1.807) is 39.4 Å². The molecule has 2 heterocycles. The van der Waals surface area contributed by atoms with Crippen molar-refractivity contribution < 1.29 is 8.42 Å². The molecule has 2 rings (SSSR count). The van der Waals surface area contributed by atoms with E-state index in [0.717, 1.165) is 5.56 Å². The van der Waals surface area contributed by atoms with Gasteiger partial charge in [0.1, 0.15) is 4.90 Å². The molecule has 2 aromatic rings. The van der Waals surface area contributed by atoms with Crippen molar-refractivity contribution in [2.24, 2.45) is 0 Å². The molecule has 0 aliphatic carbocycles. The summed E-state index contributed by atoms with van der Waals surface area (Å²) in [4.78, 5) is 4.23.